The normalized spacial score (nSPS) is 17.1. The molecule has 1 aliphatic carbocycles. The lowest BCUT2D eigenvalue weighted by Crippen LogP contribution is -2.44. The largest absolute Gasteiger partial charge is 0.329 e. The second-order valence-corrected chi connectivity index (χ2v) is 7.52. The van der Waals surface area contributed by atoms with Gasteiger partial charge >= 0.3 is 0 Å². The number of nitrogens with two attached hydrogens (primary N) is 1. The van der Waals surface area contributed by atoms with Crippen molar-refractivity contribution < 1.29 is 8.42 Å². The average molecular weight is 356 g/mol. The zero-order valence-electron chi connectivity index (χ0n) is 12.8. The number of nitrogens with one attached hydrogen (secondary N) is 1. The Morgan fingerprint density at radius 2 is 1.91 bits per heavy atom. The molecule has 3 N–H and O–H groups in total. The second kappa shape index (κ2) is 7.57. The molecule has 1 atom stereocenters. The first-order valence-corrected chi connectivity index (χ1v) is 9.16. The summed E-state index contributed by atoms with van der Waals surface area (Å²) < 4.78 is 28.3. The molecular weight excluding hydrogens is 334 g/mol. The molecule has 0 spiro atoms. The molecule has 0 bridgehead atoms. The molecule has 1 aromatic carbocycles. The minimum Gasteiger partial charge on any atom is -0.329 e. The van der Waals surface area contributed by atoms with Gasteiger partial charge in [-0.1, -0.05) is 31.0 Å². The number of pyridine rings is 1. The number of nitrogens with zero attached hydrogens (tertiary/aromatic N) is 1. The Kier molecular flexibility index (Phi) is 5.97. The molecule has 2 aromatic rings. The highest BCUT2D eigenvalue weighted by molar-refractivity contribution is 7.89. The van der Waals surface area contributed by atoms with Crippen molar-refractivity contribution >= 4 is 33.3 Å². The predicted octanol–water partition coefficient (Wildman–Crippen LogP) is 2.45. The molecule has 0 aliphatic heterocycles. The molecule has 3 rings (SSSR count). The van der Waals surface area contributed by atoms with E-state index in [-0.39, 0.29) is 23.3 Å². The van der Waals surface area contributed by atoms with Crippen LogP contribution < -0.4 is 10.5 Å². The Hall–Kier alpha value is -1.21. The van der Waals surface area contributed by atoms with Gasteiger partial charge in [0.05, 0.1) is 5.52 Å². The molecule has 1 saturated carbocycles. The van der Waals surface area contributed by atoms with Crippen LogP contribution in [-0.2, 0) is 10.0 Å². The van der Waals surface area contributed by atoms with Crippen molar-refractivity contribution in [3.8, 4) is 0 Å². The van der Waals surface area contributed by atoms with Gasteiger partial charge in [0.2, 0.25) is 10.0 Å². The molecule has 7 heteroatoms. The molecule has 126 valence electrons. The van der Waals surface area contributed by atoms with E-state index >= 15 is 0 Å². The van der Waals surface area contributed by atoms with Crippen molar-refractivity contribution in [2.24, 2.45) is 11.7 Å². The Bertz CT molecular complexity index is 756. The lowest BCUT2D eigenvalue weighted by Gasteiger charge is -2.23. The fourth-order valence-corrected chi connectivity index (χ4v) is 4.75. The molecule has 0 saturated heterocycles. The van der Waals surface area contributed by atoms with Gasteiger partial charge in [-0.25, -0.2) is 13.1 Å². The van der Waals surface area contributed by atoms with Crippen molar-refractivity contribution in [2.45, 2.75) is 36.6 Å². The third kappa shape index (κ3) is 3.83. The number of aromatic nitrogens is 1. The summed E-state index contributed by atoms with van der Waals surface area (Å²) in [5.74, 6) is 0.336. The minimum absolute atomic E-state index is 0. The van der Waals surface area contributed by atoms with Gasteiger partial charge in [0.15, 0.2) is 0 Å². The van der Waals surface area contributed by atoms with Crippen molar-refractivity contribution in [3.63, 3.8) is 0 Å². The van der Waals surface area contributed by atoms with E-state index in [0.29, 0.717) is 18.0 Å². The van der Waals surface area contributed by atoms with Gasteiger partial charge in [-0.05, 0) is 30.9 Å². The van der Waals surface area contributed by atoms with Gasteiger partial charge in [-0.2, -0.15) is 0 Å². The van der Waals surface area contributed by atoms with Crippen LogP contribution in [-0.4, -0.2) is 26.0 Å². The number of rotatable bonds is 5. The number of para-hydroxylation sites is 1. The van der Waals surface area contributed by atoms with Crippen LogP contribution in [0.15, 0.2) is 41.4 Å². The van der Waals surface area contributed by atoms with E-state index < -0.39 is 10.0 Å². The van der Waals surface area contributed by atoms with E-state index in [1.54, 1.807) is 24.4 Å². The summed E-state index contributed by atoms with van der Waals surface area (Å²) in [5, 5.41) is 0.815. The van der Waals surface area contributed by atoms with E-state index in [9.17, 15) is 8.42 Å². The van der Waals surface area contributed by atoms with Crippen molar-refractivity contribution in [3.05, 3.63) is 36.5 Å². The number of hydrogen-bond donors (Lipinski definition) is 2. The number of hydrogen-bond acceptors (Lipinski definition) is 4. The summed E-state index contributed by atoms with van der Waals surface area (Å²) >= 11 is 0. The summed E-state index contributed by atoms with van der Waals surface area (Å²) in [7, 11) is -3.63. The summed E-state index contributed by atoms with van der Waals surface area (Å²) in [4.78, 5) is 4.45. The Balaban J connectivity index is 0.00000192. The van der Waals surface area contributed by atoms with Gasteiger partial charge < -0.3 is 5.73 Å². The summed E-state index contributed by atoms with van der Waals surface area (Å²) in [5.41, 5.74) is 6.31. The maximum atomic E-state index is 12.8. The molecule has 0 amide bonds. The predicted molar refractivity (Wildman–Crippen MR) is 94.1 cm³/mol. The van der Waals surface area contributed by atoms with E-state index in [1.165, 1.54) is 0 Å². The first kappa shape index (κ1) is 18.1. The van der Waals surface area contributed by atoms with Crippen LogP contribution >= 0.6 is 12.4 Å². The van der Waals surface area contributed by atoms with Crippen LogP contribution in [0.5, 0.6) is 0 Å². The first-order chi connectivity index (χ1) is 10.6. The summed E-state index contributed by atoms with van der Waals surface area (Å²) in [6.45, 7) is 0.322. The molecule has 0 radical (unpaired) electrons. The van der Waals surface area contributed by atoms with Gasteiger partial charge in [-0.3, -0.25) is 4.98 Å². The highest BCUT2D eigenvalue weighted by Crippen LogP contribution is 2.29. The Morgan fingerprint density at radius 1 is 1.22 bits per heavy atom. The van der Waals surface area contributed by atoms with Crippen molar-refractivity contribution in [2.75, 3.05) is 6.54 Å². The third-order valence-corrected chi connectivity index (χ3v) is 5.94. The smallest absolute Gasteiger partial charge is 0.243 e. The van der Waals surface area contributed by atoms with Crippen molar-refractivity contribution in [1.82, 2.24) is 9.71 Å². The highest BCUT2D eigenvalue weighted by atomic mass is 35.5. The summed E-state index contributed by atoms with van der Waals surface area (Å²) in [6, 6.07) is 8.66. The number of sulfonamides is 1. The number of fused-ring (bicyclic) bond motifs is 1. The third-order valence-electron chi connectivity index (χ3n) is 4.41. The lowest BCUT2D eigenvalue weighted by molar-refractivity contribution is 0.406. The van der Waals surface area contributed by atoms with Gasteiger partial charge in [0.1, 0.15) is 4.90 Å². The monoisotopic (exact) mass is 355 g/mol. The SMILES string of the molecule is Cl.NCC(NS(=O)(=O)c1cccc2cccnc12)C1CCCC1. The zero-order chi connectivity index (χ0) is 15.6. The lowest BCUT2D eigenvalue weighted by atomic mass is 9.99. The Labute approximate surface area is 143 Å². The van der Waals surface area contributed by atoms with E-state index in [0.717, 1.165) is 31.1 Å². The quantitative estimate of drug-likeness (QED) is 0.862. The highest BCUT2D eigenvalue weighted by Gasteiger charge is 2.29. The van der Waals surface area contributed by atoms with Crippen LogP contribution in [0, 0.1) is 5.92 Å². The summed E-state index contributed by atoms with van der Waals surface area (Å²) in [6.07, 6.45) is 5.99. The van der Waals surface area contributed by atoms with Gasteiger partial charge in [-0.15, -0.1) is 12.4 Å². The maximum absolute atomic E-state index is 12.8. The average Bonchev–Trinajstić information content (AvgIpc) is 3.06. The van der Waals surface area contributed by atoms with Crippen LogP contribution in [0.3, 0.4) is 0 Å². The van der Waals surface area contributed by atoms with Gasteiger partial charge in [0, 0.05) is 24.2 Å². The maximum Gasteiger partial charge on any atom is 0.243 e. The van der Waals surface area contributed by atoms with Crippen LogP contribution in [0.4, 0.5) is 0 Å². The Morgan fingerprint density at radius 3 is 2.61 bits per heavy atom. The topological polar surface area (TPSA) is 85.1 Å². The minimum atomic E-state index is -3.63. The molecule has 23 heavy (non-hydrogen) atoms. The van der Waals surface area contributed by atoms with Gasteiger partial charge in [0.25, 0.3) is 0 Å². The molecule has 1 unspecified atom stereocenters. The fraction of sp³-hybridized carbons (Fsp3) is 0.438. The van der Waals surface area contributed by atoms with E-state index in [2.05, 4.69) is 9.71 Å². The zero-order valence-corrected chi connectivity index (χ0v) is 14.4. The van der Waals surface area contributed by atoms with Crippen LogP contribution in [0.1, 0.15) is 25.7 Å². The number of halogens is 1. The first-order valence-electron chi connectivity index (χ1n) is 7.68. The molecule has 1 aromatic heterocycles. The van der Waals surface area contributed by atoms with Crippen molar-refractivity contribution in [1.29, 1.82) is 0 Å². The second-order valence-electron chi connectivity index (χ2n) is 5.84. The molecule has 1 fully saturated rings. The van der Waals surface area contributed by atoms with Crippen LogP contribution in [0.2, 0.25) is 0 Å². The van der Waals surface area contributed by atoms with E-state index in [4.69, 9.17) is 5.73 Å². The molecule has 1 heterocycles. The standard InChI is InChI=1S/C16H21N3O2S.ClH/c17-11-14(12-5-1-2-6-12)19-22(20,21)15-9-3-7-13-8-4-10-18-16(13)15;/h3-4,7-10,12,14,19H,1-2,5-6,11,17H2;1H. The van der Waals surface area contributed by atoms with E-state index in [1.807, 2.05) is 12.1 Å². The molecular formula is C16H22ClN3O2S. The fourth-order valence-electron chi connectivity index (χ4n) is 3.25. The molecule has 5 nitrogen and oxygen atoms in total. The molecule has 1 aliphatic rings. The number of benzene rings is 1. The van der Waals surface area contributed by atoms with Crippen LogP contribution in [0.25, 0.3) is 10.9 Å².